The number of aryl methyl sites for hydroxylation is 2. The molecule has 3 aromatic rings. The number of hydrogen-bond donors (Lipinski definition) is 0. The molecular weight excluding hydrogens is 332 g/mol. The molecule has 0 atom stereocenters. The zero-order valence-electron chi connectivity index (χ0n) is 13.9. The van der Waals surface area contributed by atoms with Gasteiger partial charge in [0.2, 0.25) is 0 Å². The Morgan fingerprint density at radius 2 is 1.72 bits per heavy atom. The standard InChI is InChI=1S/C20H16N2O2S/c1-13-7-9-15(10-8-13)22-19(23)18(25-20(22)24)11-14-12-21(2)17-6-4-3-5-16(14)17/h3-12H,1-2H3/b18-11+. The minimum absolute atomic E-state index is 0.264. The first kappa shape index (κ1) is 15.7. The number of hydrogen-bond acceptors (Lipinski definition) is 3. The minimum Gasteiger partial charge on any atom is -0.350 e. The fourth-order valence-corrected chi connectivity index (χ4v) is 3.85. The van der Waals surface area contributed by atoms with Crippen LogP contribution in [0.3, 0.4) is 0 Å². The predicted molar refractivity (Wildman–Crippen MR) is 103 cm³/mol. The molecule has 4 rings (SSSR count). The fourth-order valence-electron chi connectivity index (χ4n) is 3.01. The van der Waals surface area contributed by atoms with Gasteiger partial charge in [-0.25, -0.2) is 4.90 Å². The van der Waals surface area contributed by atoms with Gasteiger partial charge in [-0.2, -0.15) is 0 Å². The number of benzene rings is 2. The molecule has 1 aliphatic rings. The third-order valence-corrected chi connectivity index (χ3v) is 5.17. The fraction of sp³-hybridized carbons (Fsp3) is 0.100. The summed E-state index contributed by atoms with van der Waals surface area (Å²) in [5.41, 5.74) is 3.72. The summed E-state index contributed by atoms with van der Waals surface area (Å²) in [5, 5.41) is 0.799. The van der Waals surface area contributed by atoms with Crippen LogP contribution >= 0.6 is 11.8 Å². The van der Waals surface area contributed by atoms with E-state index in [9.17, 15) is 9.59 Å². The predicted octanol–water partition coefficient (Wildman–Crippen LogP) is 4.73. The van der Waals surface area contributed by atoms with Gasteiger partial charge in [0.1, 0.15) is 0 Å². The van der Waals surface area contributed by atoms with Crippen LogP contribution in [0, 0.1) is 6.92 Å². The summed E-state index contributed by atoms with van der Waals surface area (Å²) in [6.45, 7) is 1.97. The van der Waals surface area contributed by atoms with Crippen molar-refractivity contribution in [1.82, 2.24) is 4.57 Å². The zero-order chi connectivity index (χ0) is 17.6. The number of amides is 2. The van der Waals surface area contributed by atoms with Crippen molar-refractivity contribution in [3.8, 4) is 0 Å². The molecule has 2 aromatic carbocycles. The molecule has 0 aliphatic carbocycles. The van der Waals surface area contributed by atoms with Gasteiger partial charge in [0.05, 0.1) is 10.6 Å². The molecule has 1 fully saturated rings. The Balaban J connectivity index is 1.74. The SMILES string of the molecule is Cc1ccc(N2C(=O)S/C(=C/c3cn(C)c4ccccc34)C2=O)cc1. The molecule has 1 aromatic heterocycles. The van der Waals surface area contributed by atoms with Crippen molar-refractivity contribution < 1.29 is 9.59 Å². The Labute approximate surface area is 149 Å². The molecule has 0 saturated carbocycles. The lowest BCUT2D eigenvalue weighted by Gasteiger charge is -2.12. The molecule has 0 radical (unpaired) electrons. The van der Waals surface area contributed by atoms with E-state index in [4.69, 9.17) is 0 Å². The smallest absolute Gasteiger partial charge is 0.298 e. The molecule has 0 unspecified atom stereocenters. The van der Waals surface area contributed by atoms with E-state index in [2.05, 4.69) is 0 Å². The molecule has 2 amide bonds. The van der Waals surface area contributed by atoms with E-state index in [0.717, 1.165) is 33.8 Å². The number of anilines is 1. The second-order valence-electron chi connectivity index (χ2n) is 6.07. The summed E-state index contributed by atoms with van der Waals surface area (Å²) < 4.78 is 2.02. The highest BCUT2D eigenvalue weighted by Crippen LogP contribution is 2.36. The normalized spacial score (nSPS) is 16.4. The van der Waals surface area contributed by atoms with Crippen LogP contribution in [-0.4, -0.2) is 15.7 Å². The van der Waals surface area contributed by atoms with Gasteiger partial charge in [0.25, 0.3) is 11.1 Å². The maximum atomic E-state index is 12.8. The highest BCUT2D eigenvalue weighted by molar-refractivity contribution is 8.19. The van der Waals surface area contributed by atoms with E-state index in [1.54, 1.807) is 18.2 Å². The topological polar surface area (TPSA) is 42.3 Å². The van der Waals surface area contributed by atoms with Gasteiger partial charge in [0, 0.05) is 29.7 Å². The van der Waals surface area contributed by atoms with Crippen molar-refractivity contribution in [2.75, 3.05) is 4.90 Å². The number of rotatable bonds is 2. The molecule has 2 heterocycles. The van der Waals surface area contributed by atoms with Gasteiger partial charge in [-0.05, 0) is 43.0 Å². The maximum absolute atomic E-state index is 12.8. The monoisotopic (exact) mass is 348 g/mol. The van der Waals surface area contributed by atoms with Gasteiger partial charge in [0.15, 0.2) is 0 Å². The Hall–Kier alpha value is -2.79. The second-order valence-corrected chi connectivity index (χ2v) is 7.06. The number of thioether (sulfide) groups is 1. The van der Waals surface area contributed by atoms with Crippen LogP contribution in [0.1, 0.15) is 11.1 Å². The van der Waals surface area contributed by atoms with Crippen molar-refractivity contribution in [3.63, 3.8) is 0 Å². The first-order valence-corrected chi connectivity index (χ1v) is 8.75. The molecule has 25 heavy (non-hydrogen) atoms. The van der Waals surface area contributed by atoms with Crippen LogP contribution in [0.2, 0.25) is 0 Å². The van der Waals surface area contributed by atoms with Crippen molar-refractivity contribution in [3.05, 3.63) is 70.8 Å². The first-order valence-electron chi connectivity index (χ1n) is 7.93. The Kier molecular flexibility index (Phi) is 3.73. The molecule has 1 aliphatic heterocycles. The number of carbonyl (C=O) groups is 2. The van der Waals surface area contributed by atoms with Crippen LogP contribution in [0.4, 0.5) is 10.5 Å². The number of para-hydroxylation sites is 1. The van der Waals surface area contributed by atoms with Crippen LogP contribution < -0.4 is 4.90 Å². The van der Waals surface area contributed by atoms with E-state index in [-0.39, 0.29) is 11.1 Å². The lowest BCUT2D eigenvalue weighted by atomic mass is 10.1. The molecule has 0 spiro atoms. The summed E-state index contributed by atoms with van der Waals surface area (Å²) in [4.78, 5) is 26.8. The third kappa shape index (κ3) is 2.66. The third-order valence-electron chi connectivity index (χ3n) is 4.30. The minimum atomic E-state index is -0.271. The molecular formula is C20H16N2O2S. The lowest BCUT2D eigenvalue weighted by molar-refractivity contribution is -0.113. The molecule has 4 nitrogen and oxygen atoms in total. The number of nitrogens with zero attached hydrogens (tertiary/aromatic N) is 2. The number of aromatic nitrogens is 1. The number of carbonyl (C=O) groups excluding carboxylic acids is 2. The molecule has 0 N–H and O–H groups in total. The van der Waals surface area contributed by atoms with Crippen molar-refractivity contribution in [2.45, 2.75) is 6.92 Å². The number of imide groups is 1. The molecule has 5 heteroatoms. The lowest BCUT2D eigenvalue weighted by Crippen LogP contribution is -2.27. The van der Waals surface area contributed by atoms with Crippen molar-refractivity contribution in [1.29, 1.82) is 0 Å². The molecule has 0 bridgehead atoms. The van der Waals surface area contributed by atoms with Gasteiger partial charge in [-0.3, -0.25) is 9.59 Å². The Bertz CT molecular complexity index is 1030. The Morgan fingerprint density at radius 3 is 2.48 bits per heavy atom. The Morgan fingerprint density at radius 1 is 1.00 bits per heavy atom. The summed E-state index contributed by atoms with van der Waals surface area (Å²) in [6, 6.07) is 15.4. The van der Waals surface area contributed by atoms with Crippen LogP contribution in [0.5, 0.6) is 0 Å². The summed E-state index contributed by atoms with van der Waals surface area (Å²) >= 11 is 0.983. The van der Waals surface area contributed by atoms with Crippen LogP contribution in [0.25, 0.3) is 17.0 Å². The highest BCUT2D eigenvalue weighted by atomic mass is 32.2. The average Bonchev–Trinajstić information content (AvgIpc) is 3.06. The van der Waals surface area contributed by atoms with Crippen LogP contribution in [0.15, 0.2) is 59.6 Å². The van der Waals surface area contributed by atoms with Crippen LogP contribution in [-0.2, 0) is 11.8 Å². The maximum Gasteiger partial charge on any atom is 0.298 e. The second kappa shape index (κ2) is 5.93. The summed E-state index contributed by atoms with van der Waals surface area (Å²) in [6.07, 6.45) is 3.78. The first-order chi connectivity index (χ1) is 12.0. The van der Waals surface area contributed by atoms with E-state index >= 15 is 0 Å². The van der Waals surface area contributed by atoms with E-state index in [1.807, 2.05) is 61.1 Å². The van der Waals surface area contributed by atoms with Crippen molar-refractivity contribution >= 4 is 45.6 Å². The summed E-state index contributed by atoms with van der Waals surface area (Å²) in [5.74, 6) is -0.271. The van der Waals surface area contributed by atoms with Crippen molar-refractivity contribution in [2.24, 2.45) is 7.05 Å². The van der Waals surface area contributed by atoms with Gasteiger partial charge >= 0.3 is 0 Å². The van der Waals surface area contributed by atoms with Gasteiger partial charge < -0.3 is 4.57 Å². The van der Waals surface area contributed by atoms with E-state index in [0.29, 0.717) is 10.6 Å². The number of fused-ring (bicyclic) bond motifs is 1. The van der Waals surface area contributed by atoms with E-state index in [1.165, 1.54) is 4.90 Å². The molecule has 1 saturated heterocycles. The highest BCUT2D eigenvalue weighted by Gasteiger charge is 2.36. The average molecular weight is 348 g/mol. The van der Waals surface area contributed by atoms with Gasteiger partial charge in [-0.1, -0.05) is 35.9 Å². The van der Waals surface area contributed by atoms with Gasteiger partial charge in [-0.15, -0.1) is 0 Å². The summed E-state index contributed by atoms with van der Waals surface area (Å²) in [7, 11) is 1.97. The van der Waals surface area contributed by atoms with E-state index < -0.39 is 0 Å². The largest absolute Gasteiger partial charge is 0.350 e. The zero-order valence-corrected chi connectivity index (χ0v) is 14.7. The molecule has 124 valence electrons. The quantitative estimate of drug-likeness (QED) is 0.629.